The van der Waals surface area contributed by atoms with E-state index >= 15 is 0 Å². The van der Waals surface area contributed by atoms with Crippen molar-refractivity contribution in [1.82, 2.24) is 0 Å². The number of fused-ring (bicyclic) bond motifs is 2. The minimum atomic E-state index is -0.155. The molecule has 0 N–H and O–H groups in total. The second-order valence-corrected chi connectivity index (χ2v) is 7.45. The molecule has 0 saturated carbocycles. The molecule has 0 bridgehead atoms. The molecule has 0 radical (unpaired) electrons. The number of halogens is 1. The van der Waals surface area contributed by atoms with Crippen molar-refractivity contribution in [1.29, 1.82) is 0 Å². The molecule has 0 saturated heterocycles. The molecule has 0 fully saturated rings. The molecule has 0 unspecified atom stereocenters. The number of ketones is 1. The van der Waals surface area contributed by atoms with Gasteiger partial charge in [-0.1, -0.05) is 35.9 Å². The normalized spacial score (nSPS) is 15.3. The largest absolute Gasteiger partial charge is 0.489 e. The van der Waals surface area contributed by atoms with Gasteiger partial charge in [0.15, 0.2) is 17.3 Å². The summed E-state index contributed by atoms with van der Waals surface area (Å²) in [6.45, 7) is 2.39. The van der Waals surface area contributed by atoms with Gasteiger partial charge in [0.1, 0.15) is 18.1 Å². The lowest BCUT2D eigenvalue weighted by atomic mass is 10.0. The summed E-state index contributed by atoms with van der Waals surface area (Å²) in [5.41, 5.74) is 3.02. The minimum absolute atomic E-state index is 0.155. The van der Waals surface area contributed by atoms with Gasteiger partial charge in [0.05, 0.1) is 5.56 Å². The molecule has 2 aliphatic rings. The zero-order valence-electron chi connectivity index (χ0n) is 16.1. The first-order valence-corrected chi connectivity index (χ1v) is 9.81. The van der Waals surface area contributed by atoms with Crippen molar-refractivity contribution in [2.75, 3.05) is 6.79 Å². The van der Waals surface area contributed by atoms with E-state index in [-0.39, 0.29) is 18.3 Å². The predicted molar refractivity (Wildman–Crippen MR) is 112 cm³/mol. The molecular formula is C24H17ClO5. The number of carbonyl (C=O) groups excluding carboxylic acids is 1. The van der Waals surface area contributed by atoms with Gasteiger partial charge >= 0.3 is 0 Å². The Morgan fingerprint density at radius 1 is 1.03 bits per heavy atom. The number of rotatable bonds is 4. The predicted octanol–water partition coefficient (Wildman–Crippen LogP) is 5.57. The summed E-state index contributed by atoms with van der Waals surface area (Å²) in [6, 6.07) is 16.6. The highest BCUT2D eigenvalue weighted by Gasteiger charge is 2.30. The maximum Gasteiger partial charge on any atom is 0.232 e. The van der Waals surface area contributed by atoms with Crippen molar-refractivity contribution >= 4 is 23.5 Å². The van der Waals surface area contributed by atoms with Crippen LogP contribution in [0.2, 0.25) is 5.02 Å². The van der Waals surface area contributed by atoms with Gasteiger partial charge in [0.2, 0.25) is 12.6 Å². The molecule has 6 heteroatoms. The van der Waals surface area contributed by atoms with Gasteiger partial charge in [-0.2, -0.15) is 0 Å². The molecular weight excluding hydrogens is 404 g/mol. The second-order valence-electron chi connectivity index (χ2n) is 7.05. The minimum Gasteiger partial charge on any atom is -0.489 e. The molecule has 0 aromatic heterocycles. The Labute approximate surface area is 178 Å². The van der Waals surface area contributed by atoms with E-state index < -0.39 is 0 Å². The third-order valence-electron chi connectivity index (χ3n) is 4.99. The summed E-state index contributed by atoms with van der Waals surface area (Å²) in [5.74, 6) is 2.55. The van der Waals surface area contributed by atoms with Crippen molar-refractivity contribution < 1.29 is 23.7 Å². The van der Waals surface area contributed by atoms with Crippen LogP contribution in [-0.4, -0.2) is 12.6 Å². The quantitative estimate of drug-likeness (QED) is 0.516. The molecule has 0 atom stereocenters. The summed E-state index contributed by atoms with van der Waals surface area (Å²) in [4.78, 5) is 12.9. The van der Waals surface area contributed by atoms with Gasteiger partial charge in [-0.25, -0.2) is 0 Å². The Bertz CT molecular complexity index is 1200. The van der Waals surface area contributed by atoms with Gasteiger partial charge in [-0.05, 0) is 48.4 Å². The van der Waals surface area contributed by atoms with Gasteiger partial charge in [0.25, 0.3) is 0 Å². The van der Waals surface area contributed by atoms with Crippen LogP contribution < -0.4 is 18.9 Å². The highest BCUT2D eigenvalue weighted by Crippen LogP contribution is 2.39. The molecule has 0 amide bonds. The lowest BCUT2D eigenvalue weighted by Gasteiger charge is -2.10. The Balaban J connectivity index is 1.39. The monoisotopic (exact) mass is 420 g/mol. The standard InChI is InChI=1S/C24H17ClO5/c1-14-8-17(27-12-16-4-2-3-5-18(16)25)11-21-23(14)24(26)22(30-21)10-15-6-7-19-20(9-15)29-13-28-19/h2-11H,12-13H2,1H3/b22-10-. The number of Topliss-reactive ketones (excluding diaryl/α,β-unsaturated/α-hetero) is 1. The third kappa shape index (κ3) is 3.37. The Kier molecular flexibility index (Phi) is 4.60. The average Bonchev–Trinajstić information content (AvgIpc) is 3.32. The molecule has 2 aliphatic heterocycles. The molecule has 30 heavy (non-hydrogen) atoms. The van der Waals surface area contributed by atoms with Crippen LogP contribution in [0, 0.1) is 6.92 Å². The van der Waals surface area contributed by atoms with Gasteiger partial charge in [0, 0.05) is 16.7 Å². The first-order valence-electron chi connectivity index (χ1n) is 9.43. The van der Waals surface area contributed by atoms with E-state index in [9.17, 15) is 4.79 Å². The first kappa shape index (κ1) is 18.6. The Morgan fingerprint density at radius 3 is 2.73 bits per heavy atom. The maximum atomic E-state index is 12.9. The van der Waals surface area contributed by atoms with Crippen LogP contribution in [0.4, 0.5) is 0 Å². The molecule has 5 rings (SSSR count). The summed E-state index contributed by atoms with van der Waals surface area (Å²) in [7, 11) is 0. The van der Waals surface area contributed by atoms with E-state index in [1.54, 1.807) is 12.1 Å². The number of hydrogen-bond acceptors (Lipinski definition) is 5. The number of benzene rings is 3. The topological polar surface area (TPSA) is 54.0 Å². The van der Waals surface area contributed by atoms with Crippen LogP contribution in [0.3, 0.4) is 0 Å². The summed E-state index contributed by atoms with van der Waals surface area (Å²) in [6.07, 6.45) is 1.70. The second kappa shape index (κ2) is 7.43. The molecule has 0 aliphatic carbocycles. The zero-order valence-corrected chi connectivity index (χ0v) is 16.9. The van der Waals surface area contributed by atoms with Crippen molar-refractivity contribution in [3.63, 3.8) is 0 Å². The maximum absolute atomic E-state index is 12.9. The van der Waals surface area contributed by atoms with E-state index in [1.165, 1.54) is 0 Å². The van der Waals surface area contributed by atoms with Crippen molar-refractivity contribution in [3.8, 4) is 23.0 Å². The van der Waals surface area contributed by atoms with E-state index in [0.717, 1.165) is 16.7 Å². The SMILES string of the molecule is Cc1cc(OCc2ccccc2Cl)cc2c1C(=O)/C(=C/c1ccc3c(c1)OCO3)O2. The summed E-state index contributed by atoms with van der Waals surface area (Å²) in [5, 5.41) is 0.649. The Morgan fingerprint density at radius 2 is 1.87 bits per heavy atom. The van der Waals surface area contributed by atoms with Crippen LogP contribution in [0.25, 0.3) is 6.08 Å². The van der Waals surface area contributed by atoms with Crippen molar-refractivity contribution in [2.45, 2.75) is 13.5 Å². The lowest BCUT2D eigenvalue weighted by molar-refractivity contribution is 0.101. The molecule has 0 spiro atoms. The van der Waals surface area contributed by atoms with Crippen LogP contribution in [0.5, 0.6) is 23.0 Å². The zero-order chi connectivity index (χ0) is 20.7. The molecule has 2 heterocycles. The van der Waals surface area contributed by atoms with Gasteiger partial charge in [-0.3, -0.25) is 4.79 Å². The third-order valence-corrected chi connectivity index (χ3v) is 5.36. The fourth-order valence-electron chi connectivity index (χ4n) is 3.49. The van der Waals surface area contributed by atoms with Crippen LogP contribution in [-0.2, 0) is 6.61 Å². The van der Waals surface area contributed by atoms with Crippen LogP contribution >= 0.6 is 11.6 Å². The smallest absolute Gasteiger partial charge is 0.232 e. The number of hydrogen-bond donors (Lipinski definition) is 0. The number of carbonyl (C=O) groups is 1. The molecule has 3 aromatic carbocycles. The van der Waals surface area contributed by atoms with Crippen LogP contribution in [0.1, 0.15) is 27.0 Å². The number of aryl methyl sites for hydroxylation is 1. The van der Waals surface area contributed by atoms with E-state index in [0.29, 0.717) is 40.2 Å². The molecule has 5 nitrogen and oxygen atoms in total. The van der Waals surface area contributed by atoms with Crippen LogP contribution in [0.15, 0.2) is 60.4 Å². The lowest BCUT2D eigenvalue weighted by Crippen LogP contribution is -2.00. The first-order chi connectivity index (χ1) is 14.6. The summed E-state index contributed by atoms with van der Waals surface area (Å²) >= 11 is 6.19. The van der Waals surface area contributed by atoms with Gasteiger partial charge < -0.3 is 18.9 Å². The highest BCUT2D eigenvalue weighted by molar-refractivity contribution is 6.31. The summed E-state index contributed by atoms with van der Waals surface area (Å²) < 4.78 is 22.5. The number of ether oxygens (including phenoxy) is 4. The van der Waals surface area contributed by atoms with E-state index in [4.69, 9.17) is 30.5 Å². The average molecular weight is 421 g/mol. The number of allylic oxidation sites excluding steroid dienone is 1. The van der Waals surface area contributed by atoms with E-state index in [2.05, 4.69) is 0 Å². The highest BCUT2D eigenvalue weighted by atomic mass is 35.5. The van der Waals surface area contributed by atoms with Crippen molar-refractivity contribution in [3.05, 3.63) is 87.6 Å². The van der Waals surface area contributed by atoms with Gasteiger partial charge in [-0.15, -0.1) is 0 Å². The van der Waals surface area contributed by atoms with Crippen molar-refractivity contribution in [2.24, 2.45) is 0 Å². The Hall–Kier alpha value is -3.44. The fourth-order valence-corrected chi connectivity index (χ4v) is 3.68. The fraction of sp³-hybridized carbons (Fsp3) is 0.125. The molecule has 3 aromatic rings. The molecule has 150 valence electrons. The van der Waals surface area contributed by atoms with E-state index in [1.807, 2.05) is 55.5 Å².